The number of hydrogen-bond acceptors (Lipinski definition) is 4. The lowest BCUT2D eigenvalue weighted by Crippen LogP contribution is -2.15. The van der Waals surface area contributed by atoms with Gasteiger partial charge in [-0.05, 0) is 42.7 Å². The van der Waals surface area contributed by atoms with Gasteiger partial charge in [-0.3, -0.25) is 9.78 Å². The summed E-state index contributed by atoms with van der Waals surface area (Å²) < 4.78 is 5.66. The van der Waals surface area contributed by atoms with E-state index in [4.69, 9.17) is 4.42 Å². The maximum Gasteiger partial charge on any atom is 0.230 e. The normalized spacial score (nSPS) is 10.9. The third-order valence-electron chi connectivity index (χ3n) is 3.99. The van der Waals surface area contributed by atoms with E-state index in [0.29, 0.717) is 23.3 Å². The van der Waals surface area contributed by atoms with Crippen LogP contribution in [0, 0.1) is 6.92 Å². The molecule has 0 aliphatic rings. The lowest BCUT2D eigenvalue weighted by Gasteiger charge is -2.08. The molecule has 0 saturated carbocycles. The zero-order valence-corrected chi connectivity index (χ0v) is 14.6. The SMILES string of the molecule is Cc1oc(-c2cccnc2)nc1CC(=O)Nc1ccc(C(C)C)cc1. The molecule has 128 valence electrons. The zero-order chi connectivity index (χ0) is 17.8. The van der Waals surface area contributed by atoms with Gasteiger partial charge < -0.3 is 9.73 Å². The molecule has 0 radical (unpaired) electrons. The van der Waals surface area contributed by atoms with Gasteiger partial charge in [-0.2, -0.15) is 0 Å². The predicted octanol–water partition coefficient (Wildman–Crippen LogP) is 4.35. The highest BCUT2D eigenvalue weighted by Gasteiger charge is 2.15. The van der Waals surface area contributed by atoms with E-state index >= 15 is 0 Å². The highest BCUT2D eigenvalue weighted by molar-refractivity contribution is 5.92. The van der Waals surface area contributed by atoms with Gasteiger partial charge >= 0.3 is 0 Å². The van der Waals surface area contributed by atoms with Gasteiger partial charge in [-0.1, -0.05) is 26.0 Å². The van der Waals surface area contributed by atoms with Crippen LogP contribution in [0.1, 0.15) is 36.8 Å². The van der Waals surface area contributed by atoms with Crippen LogP contribution in [0.15, 0.2) is 53.2 Å². The first-order chi connectivity index (χ1) is 12.0. The quantitative estimate of drug-likeness (QED) is 0.752. The molecule has 2 aromatic heterocycles. The molecule has 0 aliphatic heterocycles. The first kappa shape index (κ1) is 16.9. The fourth-order valence-electron chi connectivity index (χ4n) is 2.51. The van der Waals surface area contributed by atoms with E-state index in [-0.39, 0.29) is 12.3 Å². The summed E-state index contributed by atoms with van der Waals surface area (Å²) in [4.78, 5) is 20.8. The van der Waals surface area contributed by atoms with Gasteiger partial charge in [0.05, 0.1) is 17.7 Å². The van der Waals surface area contributed by atoms with Gasteiger partial charge in [0.15, 0.2) is 0 Å². The van der Waals surface area contributed by atoms with Crippen LogP contribution in [0.4, 0.5) is 5.69 Å². The van der Waals surface area contributed by atoms with Crippen molar-refractivity contribution in [3.63, 3.8) is 0 Å². The Kier molecular flexibility index (Phi) is 4.93. The number of carbonyl (C=O) groups excluding carboxylic acids is 1. The van der Waals surface area contributed by atoms with Crippen LogP contribution in [0.3, 0.4) is 0 Å². The maximum absolute atomic E-state index is 12.3. The number of hydrogen-bond donors (Lipinski definition) is 1. The summed E-state index contributed by atoms with van der Waals surface area (Å²) in [5.41, 5.74) is 3.45. The monoisotopic (exact) mass is 335 g/mol. The molecule has 3 aromatic rings. The van der Waals surface area contributed by atoms with Gasteiger partial charge in [-0.25, -0.2) is 4.98 Å². The van der Waals surface area contributed by atoms with E-state index in [1.54, 1.807) is 12.4 Å². The summed E-state index contributed by atoms with van der Waals surface area (Å²) in [6.07, 6.45) is 3.55. The first-order valence-electron chi connectivity index (χ1n) is 8.29. The van der Waals surface area contributed by atoms with E-state index in [1.807, 2.05) is 43.3 Å². The lowest BCUT2D eigenvalue weighted by atomic mass is 10.0. The fourth-order valence-corrected chi connectivity index (χ4v) is 2.51. The molecule has 0 bridgehead atoms. The number of nitrogens with one attached hydrogen (secondary N) is 1. The molecule has 25 heavy (non-hydrogen) atoms. The summed E-state index contributed by atoms with van der Waals surface area (Å²) in [6, 6.07) is 11.6. The average Bonchev–Trinajstić information content (AvgIpc) is 2.97. The molecular weight excluding hydrogens is 314 g/mol. The molecule has 5 nitrogen and oxygen atoms in total. The Morgan fingerprint density at radius 2 is 1.96 bits per heavy atom. The van der Waals surface area contributed by atoms with E-state index in [2.05, 4.69) is 29.1 Å². The number of aryl methyl sites for hydroxylation is 1. The molecule has 1 N–H and O–H groups in total. The van der Waals surface area contributed by atoms with Gasteiger partial charge in [0.1, 0.15) is 5.76 Å². The average molecular weight is 335 g/mol. The topological polar surface area (TPSA) is 68.0 Å². The summed E-state index contributed by atoms with van der Waals surface area (Å²) >= 11 is 0. The van der Waals surface area contributed by atoms with Crippen molar-refractivity contribution in [2.24, 2.45) is 0 Å². The smallest absolute Gasteiger partial charge is 0.230 e. The van der Waals surface area contributed by atoms with Crippen LogP contribution in [-0.2, 0) is 11.2 Å². The zero-order valence-electron chi connectivity index (χ0n) is 14.6. The van der Waals surface area contributed by atoms with E-state index in [1.165, 1.54) is 5.56 Å². The number of pyridine rings is 1. The van der Waals surface area contributed by atoms with Crippen LogP contribution < -0.4 is 5.32 Å². The van der Waals surface area contributed by atoms with Crippen molar-refractivity contribution in [2.75, 3.05) is 5.32 Å². The Bertz CT molecular complexity index is 852. The number of aromatic nitrogens is 2. The number of anilines is 1. The summed E-state index contributed by atoms with van der Waals surface area (Å²) in [6.45, 7) is 6.09. The number of carbonyl (C=O) groups is 1. The molecule has 0 atom stereocenters. The number of amides is 1. The van der Waals surface area contributed by atoms with Crippen molar-refractivity contribution in [2.45, 2.75) is 33.1 Å². The van der Waals surface area contributed by atoms with Crippen molar-refractivity contribution < 1.29 is 9.21 Å². The second-order valence-electron chi connectivity index (χ2n) is 6.27. The van der Waals surface area contributed by atoms with Crippen molar-refractivity contribution in [1.29, 1.82) is 0 Å². The molecule has 0 saturated heterocycles. The first-order valence-corrected chi connectivity index (χ1v) is 8.29. The molecule has 5 heteroatoms. The molecule has 2 heterocycles. The molecule has 0 fully saturated rings. The van der Waals surface area contributed by atoms with E-state index in [0.717, 1.165) is 11.3 Å². The molecule has 0 unspecified atom stereocenters. The molecule has 0 aliphatic carbocycles. The van der Waals surface area contributed by atoms with Gasteiger partial charge in [0, 0.05) is 18.1 Å². The second kappa shape index (κ2) is 7.30. The van der Waals surface area contributed by atoms with Crippen molar-refractivity contribution in [3.05, 3.63) is 65.8 Å². The minimum Gasteiger partial charge on any atom is -0.441 e. The Morgan fingerprint density at radius 1 is 1.20 bits per heavy atom. The van der Waals surface area contributed by atoms with Crippen LogP contribution in [0.2, 0.25) is 0 Å². The third kappa shape index (κ3) is 4.12. The Hall–Kier alpha value is -2.95. The largest absolute Gasteiger partial charge is 0.441 e. The van der Waals surface area contributed by atoms with Crippen molar-refractivity contribution >= 4 is 11.6 Å². The molecule has 1 amide bonds. The van der Waals surface area contributed by atoms with Gasteiger partial charge in [0.25, 0.3) is 0 Å². The Labute approximate surface area is 147 Å². The molecule has 1 aromatic carbocycles. The highest BCUT2D eigenvalue weighted by Crippen LogP contribution is 2.21. The van der Waals surface area contributed by atoms with Crippen LogP contribution in [-0.4, -0.2) is 15.9 Å². The Balaban J connectivity index is 1.68. The van der Waals surface area contributed by atoms with Crippen LogP contribution in [0.5, 0.6) is 0 Å². The van der Waals surface area contributed by atoms with Gasteiger partial charge in [-0.15, -0.1) is 0 Å². The summed E-state index contributed by atoms with van der Waals surface area (Å²) in [5.74, 6) is 1.47. The van der Waals surface area contributed by atoms with Crippen molar-refractivity contribution in [1.82, 2.24) is 9.97 Å². The molecule has 3 rings (SSSR count). The standard InChI is InChI=1S/C20H21N3O2/c1-13(2)15-6-8-17(9-7-15)22-19(24)11-18-14(3)25-20(23-18)16-5-4-10-21-12-16/h4-10,12-13H,11H2,1-3H3,(H,22,24). The predicted molar refractivity (Wildman–Crippen MR) is 97.3 cm³/mol. The van der Waals surface area contributed by atoms with Crippen LogP contribution in [0.25, 0.3) is 11.5 Å². The summed E-state index contributed by atoms with van der Waals surface area (Å²) in [7, 11) is 0. The fraction of sp³-hybridized carbons (Fsp3) is 0.250. The third-order valence-corrected chi connectivity index (χ3v) is 3.99. The lowest BCUT2D eigenvalue weighted by molar-refractivity contribution is -0.115. The highest BCUT2D eigenvalue weighted by atomic mass is 16.4. The summed E-state index contributed by atoms with van der Waals surface area (Å²) in [5, 5.41) is 2.90. The minimum absolute atomic E-state index is 0.119. The van der Waals surface area contributed by atoms with Gasteiger partial charge in [0.2, 0.25) is 11.8 Å². The number of rotatable bonds is 5. The maximum atomic E-state index is 12.3. The minimum atomic E-state index is -0.119. The Morgan fingerprint density at radius 3 is 2.60 bits per heavy atom. The van der Waals surface area contributed by atoms with Crippen molar-refractivity contribution in [3.8, 4) is 11.5 Å². The number of benzene rings is 1. The number of nitrogens with zero attached hydrogens (tertiary/aromatic N) is 2. The molecular formula is C20H21N3O2. The molecule has 0 spiro atoms. The van der Waals surface area contributed by atoms with Crippen LogP contribution >= 0.6 is 0 Å². The van der Waals surface area contributed by atoms with E-state index < -0.39 is 0 Å². The number of oxazole rings is 1. The second-order valence-corrected chi connectivity index (χ2v) is 6.27. The van der Waals surface area contributed by atoms with E-state index in [9.17, 15) is 4.79 Å².